The van der Waals surface area contributed by atoms with Gasteiger partial charge in [0.2, 0.25) is 0 Å². The SMILES string of the molecule is C1=CCC(OCCNCCOCCNCCOC2=CC=CC2)=C1. The van der Waals surface area contributed by atoms with Crippen molar-refractivity contribution in [2.24, 2.45) is 0 Å². The van der Waals surface area contributed by atoms with E-state index in [0.29, 0.717) is 13.2 Å². The molecule has 5 heteroatoms. The maximum absolute atomic E-state index is 5.59. The Morgan fingerprint density at radius 1 is 0.696 bits per heavy atom. The second kappa shape index (κ2) is 11.9. The molecule has 0 heterocycles. The fraction of sp³-hybridized carbons (Fsp3) is 0.556. The highest BCUT2D eigenvalue weighted by Gasteiger charge is 2.00. The molecule has 128 valence electrons. The third kappa shape index (κ3) is 8.59. The summed E-state index contributed by atoms with van der Waals surface area (Å²) in [5.74, 6) is 2.11. The van der Waals surface area contributed by atoms with Crippen molar-refractivity contribution in [3.05, 3.63) is 48.0 Å². The predicted molar refractivity (Wildman–Crippen MR) is 92.1 cm³/mol. The van der Waals surface area contributed by atoms with Crippen LogP contribution in [0.4, 0.5) is 0 Å². The van der Waals surface area contributed by atoms with Crippen LogP contribution < -0.4 is 10.6 Å². The highest BCUT2D eigenvalue weighted by atomic mass is 16.5. The van der Waals surface area contributed by atoms with Gasteiger partial charge in [-0.1, -0.05) is 24.3 Å². The first-order valence-electron chi connectivity index (χ1n) is 8.41. The Hall–Kier alpha value is -1.56. The summed E-state index contributed by atoms with van der Waals surface area (Å²) in [6, 6.07) is 0. The van der Waals surface area contributed by atoms with Crippen molar-refractivity contribution < 1.29 is 14.2 Å². The molecular formula is C18H28N2O3. The second-order valence-corrected chi connectivity index (χ2v) is 5.34. The molecule has 2 rings (SSSR count). The lowest BCUT2D eigenvalue weighted by atomic mass is 10.4. The largest absolute Gasteiger partial charge is 0.496 e. The van der Waals surface area contributed by atoms with E-state index in [2.05, 4.69) is 22.8 Å². The van der Waals surface area contributed by atoms with Gasteiger partial charge in [-0.05, 0) is 12.2 Å². The van der Waals surface area contributed by atoms with Gasteiger partial charge in [-0.3, -0.25) is 0 Å². The molecule has 0 saturated carbocycles. The molecule has 2 aliphatic carbocycles. The molecule has 0 aromatic heterocycles. The molecular weight excluding hydrogens is 292 g/mol. The minimum atomic E-state index is 0.709. The summed E-state index contributed by atoms with van der Waals surface area (Å²) < 4.78 is 16.7. The van der Waals surface area contributed by atoms with Gasteiger partial charge >= 0.3 is 0 Å². The quantitative estimate of drug-likeness (QED) is 0.479. The van der Waals surface area contributed by atoms with Gasteiger partial charge in [0.1, 0.15) is 13.2 Å². The summed E-state index contributed by atoms with van der Waals surface area (Å²) in [5, 5.41) is 6.60. The van der Waals surface area contributed by atoms with Gasteiger partial charge in [0.15, 0.2) is 0 Å². The van der Waals surface area contributed by atoms with Crippen molar-refractivity contribution in [2.45, 2.75) is 12.8 Å². The van der Waals surface area contributed by atoms with E-state index in [-0.39, 0.29) is 0 Å². The molecule has 0 spiro atoms. The Labute approximate surface area is 139 Å². The standard InChI is InChI=1S/C18H28N2O3/c1-2-6-17(5-1)22-15-11-19-9-13-21-14-10-20-12-16-23-18-7-3-4-8-18/h1-5,7,19-20H,6,8-16H2. The summed E-state index contributed by atoms with van der Waals surface area (Å²) in [7, 11) is 0. The van der Waals surface area contributed by atoms with Gasteiger partial charge in [-0.15, -0.1) is 0 Å². The first kappa shape index (κ1) is 17.8. The van der Waals surface area contributed by atoms with E-state index >= 15 is 0 Å². The van der Waals surface area contributed by atoms with Gasteiger partial charge < -0.3 is 24.8 Å². The summed E-state index contributed by atoms with van der Waals surface area (Å²) in [6.45, 7) is 6.27. The molecule has 0 unspecified atom stereocenters. The first-order chi connectivity index (χ1) is 11.4. The third-order valence-electron chi connectivity index (χ3n) is 3.45. The lowest BCUT2D eigenvalue weighted by molar-refractivity contribution is 0.132. The summed E-state index contributed by atoms with van der Waals surface area (Å²) in [6.07, 6.45) is 14.1. The average molecular weight is 320 g/mol. The molecule has 0 aromatic carbocycles. The van der Waals surface area contributed by atoms with E-state index < -0.39 is 0 Å². The molecule has 0 amide bonds. The van der Waals surface area contributed by atoms with Crippen LogP contribution in [-0.4, -0.2) is 52.6 Å². The maximum Gasteiger partial charge on any atom is 0.100 e. The molecule has 0 atom stereocenters. The second-order valence-electron chi connectivity index (χ2n) is 5.34. The van der Waals surface area contributed by atoms with Gasteiger partial charge in [-0.2, -0.15) is 0 Å². The summed E-state index contributed by atoms with van der Waals surface area (Å²) in [4.78, 5) is 0. The Kier molecular flexibility index (Phi) is 9.23. The van der Waals surface area contributed by atoms with Crippen LogP contribution in [0.5, 0.6) is 0 Å². The lowest BCUT2D eigenvalue weighted by Gasteiger charge is -2.09. The van der Waals surface area contributed by atoms with Gasteiger partial charge in [-0.25, -0.2) is 0 Å². The van der Waals surface area contributed by atoms with E-state index in [1.54, 1.807) is 0 Å². The van der Waals surface area contributed by atoms with Crippen LogP contribution in [0.1, 0.15) is 12.8 Å². The van der Waals surface area contributed by atoms with E-state index in [1.807, 2.05) is 24.3 Å². The van der Waals surface area contributed by atoms with Crippen molar-refractivity contribution >= 4 is 0 Å². The zero-order valence-electron chi connectivity index (χ0n) is 13.8. The number of hydrogen-bond donors (Lipinski definition) is 2. The number of nitrogens with one attached hydrogen (secondary N) is 2. The fourth-order valence-corrected chi connectivity index (χ4v) is 2.22. The maximum atomic E-state index is 5.59. The van der Waals surface area contributed by atoms with Crippen LogP contribution in [0, 0.1) is 0 Å². The highest BCUT2D eigenvalue weighted by molar-refractivity contribution is 5.18. The molecule has 0 aromatic rings. The molecule has 0 fully saturated rings. The smallest absolute Gasteiger partial charge is 0.100 e. The first-order valence-corrected chi connectivity index (χ1v) is 8.41. The van der Waals surface area contributed by atoms with Crippen molar-refractivity contribution in [1.82, 2.24) is 10.6 Å². The molecule has 2 N–H and O–H groups in total. The molecule has 23 heavy (non-hydrogen) atoms. The summed E-state index contributed by atoms with van der Waals surface area (Å²) in [5.41, 5.74) is 0. The van der Waals surface area contributed by atoms with E-state index in [0.717, 1.165) is 63.8 Å². The van der Waals surface area contributed by atoms with Crippen LogP contribution in [0.2, 0.25) is 0 Å². The highest BCUT2D eigenvalue weighted by Crippen LogP contribution is 2.11. The molecule has 0 radical (unpaired) electrons. The molecule has 0 saturated heterocycles. The molecule has 0 aliphatic heterocycles. The molecule has 2 aliphatic rings. The minimum Gasteiger partial charge on any atom is -0.496 e. The Morgan fingerprint density at radius 2 is 1.17 bits per heavy atom. The van der Waals surface area contributed by atoms with E-state index in [9.17, 15) is 0 Å². The lowest BCUT2D eigenvalue weighted by Crippen LogP contribution is -2.27. The van der Waals surface area contributed by atoms with Crippen LogP contribution in [-0.2, 0) is 14.2 Å². The Balaban J connectivity index is 1.24. The normalized spacial score (nSPS) is 15.8. The van der Waals surface area contributed by atoms with Gasteiger partial charge in [0, 0.05) is 39.0 Å². The number of ether oxygens (including phenoxy) is 3. The van der Waals surface area contributed by atoms with Crippen molar-refractivity contribution in [1.29, 1.82) is 0 Å². The number of hydrogen-bond acceptors (Lipinski definition) is 5. The van der Waals surface area contributed by atoms with Gasteiger partial charge in [0.25, 0.3) is 0 Å². The Bertz CT molecular complexity index is 402. The van der Waals surface area contributed by atoms with Crippen LogP contribution >= 0.6 is 0 Å². The topological polar surface area (TPSA) is 51.8 Å². The predicted octanol–water partition coefficient (Wildman–Crippen LogP) is 1.90. The zero-order chi connectivity index (χ0) is 16.0. The van der Waals surface area contributed by atoms with Crippen molar-refractivity contribution in [3.8, 4) is 0 Å². The summed E-state index contributed by atoms with van der Waals surface area (Å²) >= 11 is 0. The van der Waals surface area contributed by atoms with Crippen molar-refractivity contribution in [2.75, 3.05) is 52.6 Å². The minimum absolute atomic E-state index is 0.709. The molecule has 5 nitrogen and oxygen atoms in total. The molecule has 0 bridgehead atoms. The Morgan fingerprint density at radius 3 is 1.61 bits per heavy atom. The van der Waals surface area contributed by atoms with Crippen LogP contribution in [0.3, 0.4) is 0 Å². The third-order valence-corrected chi connectivity index (χ3v) is 3.45. The number of allylic oxidation sites excluding steroid dienone is 6. The average Bonchev–Trinajstić information content (AvgIpc) is 3.25. The van der Waals surface area contributed by atoms with Crippen LogP contribution in [0.25, 0.3) is 0 Å². The van der Waals surface area contributed by atoms with Gasteiger partial charge in [0.05, 0.1) is 24.7 Å². The van der Waals surface area contributed by atoms with E-state index in [4.69, 9.17) is 14.2 Å². The van der Waals surface area contributed by atoms with Crippen LogP contribution in [0.15, 0.2) is 48.0 Å². The monoisotopic (exact) mass is 320 g/mol. The number of rotatable bonds is 14. The van der Waals surface area contributed by atoms with E-state index in [1.165, 1.54) is 0 Å². The zero-order valence-corrected chi connectivity index (χ0v) is 13.8. The van der Waals surface area contributed by atoms with Crippen molar-refractivity contribution in [3.63, 3.8) is 0 Å². The fourth-order valence-electron chi connectivity index (χ4n) is 2.22.